The molecule has 4 aromatic heterocycles. The number of aromatic amines is 2. The Morgan fingerprint density at radius 2 is 0.958 bits per heavy atom. The maximum atomic E-state index is 4.69. The second-order valence-corrected chi connectivity index (χ2v) is 19.4. The molecule has 2 aliphatic heterocycles. The van der Waals surface area contributed by atoms with Crippen LogP contribution in [0, 0.1) is 0 Å². The fraction of sp³-hybridized carbons (Fsp3) is 0.219. The Balaban J connectivity index is 0.000000156. The first kappa shape index (κ1) is 46.6. The number of rotatable bonds is 10. The Bertz CT molecular complexity index is 3520. The average Bonchev–Trinajstić information content (AvgIpc) is 4.01. The third-order valence-electron chi connectivity index (χ3n) is 14.8. The number of benzene rings is 6. The molecule has 2 aliphatic rings. The molecule has 0 amide bonds. The number of nitrogens with one attached hydrogen (secondary N) is 2. The van der Waals surface area contributed by atoms with Crippen LogP contribution < -0.4 is 9.80 Å². The largest absolute Gasteiger partial charge is 0.369 e. The van der Waals surface area contributed by atoms with E-state index in [9.17, 15) is 0 Å². The molecule has 2 N–H and O–H groups in total. The van der Waals surface area contributed by atoms with Crippen LogP contribution in [0.25, 0.3) is 83.3 Å². The van der Waals surface area contributed by atoms with Crippen LogP contribution in [0.1, 0.15) is 48.9 Å². The molecule has 72 heavy (non-hydrogen) atoms. The molecule has 0 spiro atoms. The first-order valence-electron chi connectivity index (χ1n) is 25.8. The lowest BCUT2D eigenvalue weighted by Gasteiger charge is -2.34. The molecule has 8 heteroatoms. The molecule has 6 aromatic carbocycles. The van der Waals surface area contributed by atoms with Crippen LogP contribution >= 0.6 is 0 Å². The summed E-state index contributed by atoms with van der Waals surface area (Å²) in [6.07, 6.45) is 10.4. The second-order valence-electron chi connectivity index (χ2n) is 19.4. The normalized spacial score (nSPS) is 15.2. The van der Waals surface area contributed by atoms with Gasteiger partial charge in [-0.05, 0) is 143 Å². The Hall–Kier alpha value is -7.78. The van der Waals surface area contributed by atoms with E-state index in [-0.39, 0.29) is 0 Å². The van der Waals surface area contributed by atoms with Crippen molar-refractivity contribution in [1.29, 1.82) is 0 Å². The minimum Gasteiger partial charge on any atom is -0.369 e. The molecule has 0 saturated carbocycles. The van der Waals surface area contributed by atoms with Crippen LogP contribution in [0.4, 0.5) is 11.4 Å². The summed E-state index contributed by atoms with van der Waals surface area (Å²) in [5.74, 6) is 0. The molecule has 0 radical (unpaired) electrons. The van der Waals surface area contributed by atoms with Gasteiger partial charge < -0.3 is 29.6 Å². The van der Waals surface area contributed by atoms with E-state index < -0.39 is 0 Å². The van der Waals surface area contributed by atoms with Crippen molar-refractivity contribution in [3.05, 3.63) is 198 Å². The molecular formula is C64H64N8. The number of hydrogen-bond acceptors (Lipinski definition) is 6. The van der Waals surface area contributed by atoms with E-state index >= 15 is 0 Å². The smallest absolute Gasteiger partial charge is 0.138 e. The molecule has 2 saturated heterocycles. The van der Waals surface area contributed by atoms with Crippen molar-refractivity contribution < 1.29 is 0 Å². The fourth-order valence-corrected chi connectivity index (χ4v) is 10.7. The maximum Gasteiger partial charge on any atom is 0.138 e. The van der Waals surface area contributed by atoms with Gasteiger partial charge in [-0.25, -0.2) is 9.97 Å². The van der Waals surface area contributed by atoms with Gasteiger partial charge >= 0.3 is 0 Å². The van der Waals surface area contributed by atoms with Gasteiger partial charge in [0.2, 0.25) is 0 Å². The minimum absolute atomic E-state index is 0.933. The predicted molar refractivity (Wildman–Crippen MR) is 306 cm³/mol. The molecule has 2 fully saturated rings. The highest BCUT2D eigenvalue weighted by atomic mass is 15.3. The molecule has 12 rings (SSSR count). The van der Waals surface area contributed by atoms with Gasteiger partial charge in [0.15, 0.2) is 0 Å². The van der Waals surface area contributed by atoms with Gasteiger partial charge in [0.1, 0.15) is 11.3 Å². The summed E-state index contributed by atoms with van der Waals surface area (Å²) in [5.41, 5.74) is 19.2. The van der Waals surface area contributed by atoms with E-state index in [1.165, 1.54) is 88.6 Å². The van der Waals surface area contributed by atoms with E-state index in [1.807, 2.05) is 12.4 Å². The molecule has 0 aliphatic carbocycles. The van der Waals surface area contributed by atoms with E-state index in [0.29, 0.717) is 0 Å². The zero-order valence-electron chi connectivity index (χ0n) is 42.1. The third-order valence-corrected chi connectivity index (χ3v) is 14.8. The molecule has 0 unspecified atom stereocenters. The van der Waals surface area contributed by atoms with Crippen LogP contribution in [-0.2, 0) is 0 Å². The number of hydrogen-bond donors (Lipinski definition) is 2. The van der Waals surface area contributed by atoms with Crippen molar-refractivity contribution >= 4 is 72.5 Å². The van der Waals surface area contributed by atoms with E-state index in [1.54, 1.807) is 0 Å². The Morgan fingerprint density at radius 1 is 0.500 bits per heavy atom. The number of nitrogens with zero attached hydrogens (tertiary/aromatic N) is 6. The van der Waals surface area contributed by atoms with Crippen molar-refractivity contribution in [2.75, 3.05) is 76.3 Å². The van der Waals surface area contributed by atoms with Crippen LogP contribution in [0.2, 0.25) is 0 Å². The van der Waals surface area contributed by atoms with Gasteiger partial charge in [0, 0.05) is 109 Å². The molecule has 6 heterocycles. The van der Waals surface area contributed by atoms with Crippen LogP contribution in [0.3, 0.4) is 0 Å². The van der Waals surface area contributed by atoms with Crippen LogP contribution in [-0.4, -0.2) is 96.2 Å². The summed E-state index contributed by atoms with van der Waals surface area (Å²) in [4.78, 5) is 26.2. The highest BCUT2D eigenvalue weighted by Crippen LogP contribution is 2.38. The fourth-order valence-electron chi connectivity index (χ4n) is 10.7. The van der Waals surface area contributed by atoms with E-state index in [0.717, 1.165) is 87.5 Å². The summed E-state index contributed by atoms with van der Waals surface area (Å²) in [6.45, 7) is 13.2. The number of likely N-dealkylation sites (N-methyl/N-ethyl adjacent to an activating group) is 2. The van der Waals surface area contributed by atoms with Crippen molar-refractivity contribution in [2.24, 2.45) is 0 Å². The lowest BCUT2D eigenvalue weighted by molar-refractivity contribution is 0.313. The monoisotopic (exact) mass is 945 g/mol. The van der Waals surface area contributed by atoms with Gasteiger partial charge in [-0.15, -0.1) is 0 Å². The molecule has 0 atom stereocenters. The number of H-pyrrole nitrogens is 2. The average molecular weight is 945 g/mol. The van der Waals surface area contributed by atoms with E-state index in [4.69, 9.17) is 4.98 Å². The van der Waals surface area contributed by atoms with Crippen LogP contribution in [0.15, 0.2) is 176 Å². The van der Waals surface area contributed by atoms with Crippen molar-refractivity contribution in [2.45, 2.75) is 26.7 Å². The number of pyridine rings is 2. The third kappa shape index (κ3) is 9.68. The highest BCUT2D eigenvalue weighted by molar-refractivity contribution is 6.14. The maximum absolute atomic E-state index is 4.69. The Labute approximate surface area is 424 Å². The number of aromatic nitrogens is 4. The minimum atomic E-state index is 0.933. The van der Waals surface area contributed by atoms with Gasteiger partial charge in [0.05, 0.1) is 0 Å². The number of allylic oxidation sites excluding steroid dienone is 2. The molecule has 8 nitrogen and oxygen atoms in total. The summed E-state index contributed by atoms with van der Waals surface area (Å²) < 4.78 is 0. The van der Waals surface area contributed by atoms with Crippen molar-refractivity contribution in [1.82, 2.24) is 29.7 Å². The topological polar surface area (TPSA) is 70.3 Å². The van der Waals surface area contributed by atoms with Gasteiger partial charge in [-0.1, -0.05) is 123 Å². The zero-order valence-corrected chi connectivity index (χ0v) is 42.1. The Morgan fingerprint density at radius 3 is 1.44 bits per heavy atom. The van der Waals surface area contributed by atoms with Gasteiger partial charge in [-0.2, -0.15) is 0 Å². The molecule has 10 aromatic rings. The van der Waals surface area contributed by atoms with E-state index in [2.05, 4.69) is 232 Å². The lowest BCUT2D eigenvalue weighted by atomic mass is 9.93. The SMILES string of the molecule is CC/C(=C\c1ccccc1)c1ccnc2[nH]c3ccc(-c4ccc(N5CCN(C)CC5)cc4)cc3c12.CC/C=C(\c1ccccc1)c1ccnc2[nH]c3ccc(-c4ccc(N5CCN(C)CC5)cc4)cc3c12. The van der Waals surface area contributed by atoms with Crippen molar-refractivity contribution in [3.8, 4) is 22.3 Å². The summed E-state index contributed by atoms with van der Waals surface area (Å²) in [6, 6.07) is 57.1. The summed E-state index contributed by atoms with van der Waals surface area (Å²) >= 11 is 0. The van der Waals surface area contributed by atoms with Gasteiger partial charge in [-0.3, -0.25) is 0 Å². The summed E-state index contributed by atoms with van der Waals surface area (Å²) in [7, 11) is 4.40. The molecule has 360 valence electrons. The van der Waals surface area contributed by atoms with Crippen LogP contribution in [0.5, 0.6) is 0 Å². The predicted octanol–water partition coefficient (Wildman–Crippen LogP) is 14.1. The number of anilines is 2. The summed E-state index contributed by atoms with van der Waals surface area (Å²) in [5, 5.41) is 4.83. The first-order chi connectivity index (χ1) is 35.4. The Kier molecular flexibility index (Phi) is 13.5. The number of piperazine rings is 2. The lowest BCUT2D eigenvalue weighted by Crippen LogP contribution is -2.44. The quantitative estimate of drug-likeness (QED) is 0.142. The highest BCUT2D eigenvalue weighted by Gasteiger charge is 2.19. The van der Waals surface area contributed by atoms with Gasteiger partial charge in [0.25, 0.3) is 0 Å². The number of fused-ring (bicyclic) bond motifs is 6. The molecule has 0 bridgehead atoms. The van der Waals surface area contributed by atoms with Crippen molar-refractivity contribution in [3.63, 3.8) is 0 Å². The standard InChI is InChI=1S/2C32H32N4/c1-3-24(21-23-7-5-4-6-8-23)28-15-16-33-32-31(28)29-22-26(11-14-30(29)34-32)25-9-12-27(13-10-25)36-19-17-35(2)18-20-36;1-3-7-27(24-8-5-4-6-9-24)28-16-17-33-32-31(28)29-22-25(12-15-30(29)34-32)23-10-13-26(14-11-23)36-20-18-35(2)19-21-36/h4-16,21-22H,3,17-20H2,1-2H3,(H,33,34);4-17,22H,3,18-21H2,1-2H3,(H,33,34)/b24-21+;27-7+. The molecular weight excluding hydrogens is 881 g/mol. The second kappa shape index (κ2) is 20.9. The zero-order chi connectivity index (χ0) is 49.0. The first-order valence-corrected chi connectivity index (χ1v) is 25.8.